The second kappa shape index (κ2) is 5.08. The van der Waals surface area contributed by atoms with Crippen molar-refractivity contribution in [2.24, 2.45) is 0 Å². The molecule has 84 valence electrons. The Kier molecular flexibility index (Phi) is 3.76. The lowest BCUT2D eigenvalue weighted by Gasteiger charge is -2.27. The molecule has 0 saturated carbocycles. The fraction of sp³-hybridized carbons (Fsp3) is 0.667. The molecule has 0 spiro atoms. The third kappa shape index (κ3) is 2.58. The third-order valence-electron chi connectivity index (χ3n) is 3.18. The highest BCUT2D eigenvalue weighted by molar-refractivity contribution is 7.98. The molecule has 1 fully saturated rings. The van der Waals surface area contributed by atoms with E-state index >= 15 is 0 Å². The molecule has 2 aliphatic rings. The van der Waals surface area contributed by atoms with Gasteiger partial charge in [-0.15, -0.1) is 11.8 Å². The van der Waals surface area contributed by atoms with Gasteiger partial charge in [-0.3, -0.25) is 4.90 Å². The highest BCUT2D eigenvalue weighted by atomic mass is 32.2. The van der Waals surface area contributed by atoms with Gasteiger partial charge in [-0.2, -0.15) is 0 Å². The van der Waals surface area contributed by atoms with Crippen molar-refractivity contribution in [1.82, 2.24) is 9.80 Å². The zero-order valence-corrected chi connectivity index (χ0v) is 10.5. The Morgan fingerprint density at radius 3 is 3.07 bits per heavy atom. The van der Waals surface area contributed by atoms with Gasteiger partial charge in [0.05, 0.1) is 5.88 Å². The molecule has 0 amide bonds. The number of thioether (sulfide) groups is 1. The molecule has 15 heavy (non-hydrogen) atoms. The van der Waals surface area contributed by atoms with Crippen molar-refractivity contribution < 1.29 is 0 Å². The van der Waals surface area contributed by atoms with Crippen LogP contribution in [-0.2, 0) is 0 Å². The largest absolute Gasteiger partial charge is 0.364 e. The van der Waals surface area contributed by atoms with E-state index in [0.717, 1.165) is 12.4 Å². The van der Waals surface area contributed by atoms with E-state index in [1.54, 1.807) is 0 Å². The van der Waals surface area contributed by atoms with Crippen LogP contribution in [0.5, 0.6) is 0 Å². The van der Waals surface area contributed by atoms with E-state index in [-0.39, 0.29) is 0 Å². The molecular formula is C12H20N2S. The molecule has 0 N–H and O–H groups in total. The topological polar surface area (TPSA) is 6.48 Å². The minimum absolute atomic E-state index is 0.658. The monoisotopic (exact) mass is 224 g/mol. The van der Waals surface area contributed by atoms with Crippen molar-refractivity contribution in [3.63, 3.8) is 0 Å². The van der Waals surface area contributed by atoms with Crippen LogP contribution in [0.15, 0.2) is 23.9 Å². The molecule has 2 nitrogen and oxygen atoms in total. The fourth-order valence-corrected chi connectivity index (χ4v) is 2.93. The van der Waals surface area contributed by atoms with Crippen molar-refractivity contribution in [2.45, 2.75) is 18.9 Å². The van der Waals surface area contributed by atoms with Crippen LogP contribution in [0.3, 0.4) is 0 Å². The lowest BCUT2D eigenvalue weighted by atomic mass is 10.0. The Morgan fingerprint density at radius 1 is 1.53 bits per heavy atom. The van der Waals surface area contributed by atoms with Crippen LogP contribution in [0.1, 0.15) is 12.8 Å². The summed E-state index contributed by atoms with van der Waals surface area (Å²) in [5.74, 6) is 1.10. The molecule has 1 saturated heterocycles. The van der Waals surface area contributed by atoms with E-state index in [4.69, 9.17) is 0 Å². The first-order valence-corrected chi connectivity index (χ1v) is 7.02. The smallest absolute Gasteiger partial charge is 0.0634 e. The van der Waals surface area contributed by atoms with Crippen LogP contribution < -0.4 is 0 Å². The van der Waals surface area contributed by atoms with Crippen molar-refractivity contribution in [1.29, 1.82) is 0 Å². The quantitative estimate of drug-likeness (QED) is 0.725. The standard InChI is InChI=1S/C12H20N2S/c1-13-7-4-6-12(13)11-5-3-8-14(9-11)10-15-2/h3,5,9,12H,4,6-8,10H2,1-2H3. The van der Waals surface area contributed by atoms with Crippen LogP contribution in [0.25, 0.3) is 0 Å². The molecule has 0 bridgehead atoms. The molecule has 0 aliphatic carbocycles. The number of hydrogen-bond donors (Lipinski definition) is 0. The van der Waals surface area contributed by atoms with Gasteiger partial charge in [-0.25, -0.2) is 0 Å². The van der Waals surface area contributed by atoms with Crippen molar-refractivity contribution in [2.75, 3.05) is 32.3 Å². The van der Waals surface area contributed by atoms with Gasteiger partial charge in [0.15, 0.2) is 0 Å². The van der Waals surface area contributed by atoms with Crippen LogP contribution in [0, 0.1) is 0 Å². The Bertz CT molecular complexity index is 273. The summed E-state index contributed by atoms with van der Waals surface area (Å²) in [5, 5.41) is 0. The van der Waals surface area contributed by atoms with Gasteiger partial charge < -0.3 is 4.90 Å². The van der Waals surface area contributed by atoms with Crippen LogP contribution in [-0.4, -0.2) is 48.1 Å². The van der Waals surface area contributed by atoms with Crippen molar-refractivity contribution in [3.8, 4) is 0 Å². The van der Waals surface area contributed by atoms with E-state index in [2.05, 4.69) is 41.5 Å². The maximum Gasteiger partial charge on any atom is 0.0634 e. The average molecular weight is 224 g/mol. The molecule has 2 aliphatic heterocycles. The Labute approximate surface area is 97.0 Å². The van der Waals surface area contributed by atoms with E-state index in [1.807, 2.05) is 11.8 Å². The van der Waals surface area contributed by atoms with E-state index in [9.17, 15) is 0 Å². The molecule has 1 atom stereocenters. The highest BCUT2D eigenvalue weighted by Crippen LogP contribution is 2.25. The van der Waals surface area contributed by atoms with Crippen molar-refractivity contribution in [3.05, 3.63) is 23.9 Å². The zero-order valence-electron chi connectivity index (χ0n) is 9.65. The van der Waals surface area contributed by atoms with Crippen LogP contribution in [0.4, 0.5) is 0 Å². The molecule has 0 radical (unpaired) electrons. The summed E-state index contributed by atoms with van der Waals surface area (Å²) >= 11 is 1.89. The first-order chi connectivity index (χ1) is 7.31. The van der Waals surface area contributed by atoms with E-state index < -0.39 is 0 Å². The molecule has 0 aromatic heterocycles. The zero-order chi connectivity index (χ0) is 10.7. The number of nitrogens with zero attached hydrogens (tertiary/aromatic N) is 2. The summed E-state index contributed by atoms with van der Waals surface area (Å²) in [6.45, 7) is 2.32. The molecular weight excluding hydrogens is 204 g/mol. The third-order valence-corrected chi connectivity index (χ3v) is 3.77. The second-order valence-corrected chi connectivity index (χ2v) is 5.19. The maximum atomic E-state index is 2.47. The number of likely N-dealkylation sites (tertiary alicyclic amines) is 1. The van der Waals surface area contributed by atoms with Gasteiger partial charge in [0.25, 0.3) is 0 Å². The van der Waals surface area contributed by atoms with Crippen LogP contribution in [0.2, 0.25) is 0 Å². The predicted molar refractivity (Wildman–Crippen MR) is 68.0 cm³/mol. The minimum atomic E-state index is 0.658. The SMILES string of the molecule is CSCN1C=C(C2CCCN2C)C=CC1. The van der Waals surface area contributed by atoms with Gasteiger partial charge in [0.2, 0.25) is 0 Å². The summed E-state index contributed by atoms with van der Waals surface area (Å²) in [5.41, 5.74) is 1.50. The summed E-state index contributed by atoms with van der Waals surface area (Å²) < 4.78 is 0. The van der Waals surface area contributed by atoms with E-state index in [1.165, 1.54) is 25.0 Å². The summed E-state index contributed by atoms with van der Waals surface area (Å²) in [7, 11) is 2.24. The highest BCUT2D eigenvalue weighted by Gasteiger charge is 2.24. The van der Waals surface area contributed by atoms with Crippen molar-refractivity contribution >= 4 is 11.8 Å². The first-order valence-electron chi connectivity index (χ1n) is 5.63. The summed E-state index contributed by atoms with van der Waals surface area (Å²) in [6, 6.07) is 0.658. The van der Waals surface area contributed by atoms with Gasteiger partial charge in [-0.1, -0.05) is 12.2 Å². The normalized spacial score (nSPS) is 27.2. The van der Waals surface area contributed by atoms with Gasteiger partial charge in [-0.05, 0) is 38.3 Å². The van der Waals surface area contributed by atoms with Gasteiger partial charge in [0.1, 0.15) is 0 Å². The molecule has 0 aromatic carbocycles. The molecule has 0 aromatic rings. The second-order valence-electron chi connectivity index (χ2n) is 4.36. The maximum absolute atomic E-state index is 2.47. The minimum Gasteiger partial charge on any atom is -0.364 e. The Hall–Kier alpha value is -0.410. The van der Waals surface area contributed by atoms with Gasteiger partial charge in [0, 0.05) is 18.8 Å². The summed E-state index contributed by atoms with van der Waals surface area (Å²) in [4.78, 5) is 4.87. The Morgan fingerprint density at radius 2 is 2.40 bits per heavy atom. The molecule has 1 unspecified atom stereocenters. The average Bonchev–Trinajstić information content (AvgIpc) is 2.65. The van der Waals surface area contributed by atoms with Gasteiger partial charge >= 0.3 is 0 Å². The lowest BCUT2D eigenvalue weighted by molar-refractivity contribution is 0.341. The molecule has 3 heteroatoms. The predicted octanol–water partition coefficient (Wildman–Crippen LogP) is 2.16. The molecule has 2 rings (SSSR count). The van der Waals surface area contributed by atoms with E-state index in [0.29, 0.717) is 6.04 Å². The summed E-state index contributed by atoms with van der Waals surface area (Å²) in [6.07, 6.45) is 11.8. The fourth-order valence-electron chi connectivity index (χ4n) is 2.42. The number of likely N-dealkylation sites (N-methyl/N-ethyl adjacent to an activating group) is 1. The lowest BCUT2D eigenvalue weighted by Crippen LogP contribution is -2.29. The Balaban J connectivity index is 2.04. The first kappa shape index (κ1) is 11.1. The number of rotatable bonds is 3. The number of hydrogen-bond acceptors (Lipinski definition) is 3. The molecule has 2 heterocycles. The van der Waals surface area contributed by atoms with Crippen LogP contribution >= 0.6 is 11.8 Å².